The van der Waals surface area contributed by atoms with E-state index in [9.17, 15) is 22.8 Å². The van der Waals surface area contributed by atoms with E-state index >= 15 is 0 Å². The molecule has 9 heteroatoms. The number of carbonyl (C=O) groups is 2. The summed E-state index contributed by atoms with van der Waals surface area (Å²) in [5, 5.41) is 0. The number of esters is 1. The van der Waals surface area contributed by atoms with E-state index in [1.165, 1.54) is 30.2 Å². The molecule has 0 aromatic heterocycles. The number of carbonyl (C=O) groups excluding carboxylic acids is 2. The van der Waals surface area contributed by atoms with E-state index in [1.807, 2.05) is 36.9 Å². The standard InChI is InChI=1S/C25H27F3N2O4/c1-4-24(5-2)23(32)30(20-10-9-16(11-21(20)34-24)13-25(26,27)28)19-8-6-7-18(12-19)29-14-17(15-29)22(31)33-3/h6-12,17H,4-5,13-15H2,1-3H3. The summed E-state index contributed by atoms with van der Waals surface area (Å²) in [5.74, 6) is -0.457. The molecule has 1 saturated heterocycles. The minimum atomic E-state index is -4.35. The number of rotatable bonds is 6. The van der Waals surface area contributed by atoms with Crippen molar-refractivity contribution in [3.63, 3.8) is 0 Å². The average Bonchev–Trinajstić information content (AvgIpc) is 2.77. The van der Waals surface area contributed by atoms with Gasteiger partial charge >= 0.3 is 12.1 Å². The van der Waals surface area contributed by atoms with Crippen molar-refractivity contribution in [2.24, 2.45) is 5.92 Å². The van der Waals surface area contributed by atoms with Crippen LogP contribution in [0.15, 0.2) is 42.5 Å². The van der Waals surface area contributed by atoms with Crippen LogP contribution in [0.3, 0.4) is 0 Å². The predicted octanol–water partition coefficient (Wildman–Crippen LogP) is 5.02. The summed E-state index contributed by atoms with van der Waals surface area (Å²) in [6.45, 7) is 4.68. The van der Waals surface area contributed by atoms with E-state index < -0.39 is 18.2 Å². The fourth-order valence-corrected chi connectivity index (χ4v) is 4.52. The van der Waals surface area contributed by atoms with Gasteiger partial charge in [0.15, 0.2) is 5.60 Å². The van der Waals surface area contributed by atoms with Crippen molar-refractivity contribution < 1.29 is 32.2 Å². The molecule has 0 N–H and O–H groups in total. The molecule has 6 nitrogen and oxygen atoms in total. The van der Waals surface area contributed by atoms with Crippen LogP contribution in [-0.4, -0.2) is 43.9 Å². The lowest BCUT2D eigenvalue weighted by molar-refractivity contribution is -0.146. The summed E-state index contributed by atoms with van der Waals surface area (Å²) in [6.07, 6.45) is -4.68. The number of fused-ring (bicyclic) bond motifs is 1. The summed E-state index contributed by atoms with van der Waals surface area (Å²) in [5.41, 5.74) is 0.729. The molecule has 182 valence electrons. The van der Waals surface area contributed by atoms with E-state index in [1.54, 1.807) is 6.07 Å². The Labute approximate surface area is 196 Å². The molecule has 2 aromatic carbocycles. The van der Waals surface area contributed by atoms with Gasteiger partial charge in [-0.1, -0.05) is 26.0 Å². The second-order valence-corrected chi connectivity index (χ2v) is 8.68. The van der Waals surface area contributed by atoms with Crippen LogP contribution < -0.4 is 14.5 Å². The molecule has 4 rings (SSSR count). The zero-order chi connectivity index (χ0) is 24.7. The third-order valence-corrected chi connectivity index (χ3v) is 6.58. The lowest BCUT2D eigenvalue weighted by Crippen LogP contribution is -2.54. The fraction of sp³-hybridized carbons (Fsp3) is 0.440. The number of amides is 1. The number of methoxy groups -OCH3 is 1. The number of hydrogen-bond donors (Lipinski definition) is 0. The van der Waals surface area contributed by atoms with E-state index in [4.69, 9.17) is 9.47 Å². The number of anilines is 3. The van der Waals surface area contributed by atoms with Gasteiger partial charge in [0, 0.05) is 18.8 Å². The smallest absolute Gasteiger partial charge is 0.393 e. The molecule has 34 heavy (non-hydrogen) atoms. The lowest BCUT2D eigenvalue weighted by atomic mass is 9.92. The first-order valence-electron chi connectivity index (χ1n) is 11.3. The van der Waals surface area contributed by atoms with Crippen LogP contribution in [0.1, 0.15) is 32.3 Å². The molecule has 0 bridgehead atoms. The largest absolute Gasteiger partial charge is 0.475 e. The molecule has 2 aliphatic heterocycles. The van der Waals surface area contributed by atoms with Crippen LogP contribution in [0.25, 0.3) is 0 Å². The second-order valence-electron chi connectivity index (χ2n) is 8.68. The number of hydrogen-bond acceptors (Lipinski definition) is 5. The zero-order valence-corrected chi connectivity index (χ0v) is 19.3. The molecule has 1 fully saturated rings. The molecular formula is C25H27F3N2O4. The van der Waals surface area contributed by atoms with E-state index in [2.05, 4.69) is 0 Å². The Morgan fingerprint density at radius 2 is 1.79 bits per heavy atom. The van der Waals surface area contributed by atoms with Crippen molar-refractivity contribution in [2.45, 2.75) is 44.9 Å². The van der Waals surface area contributed by atoms with Gasteiger partial charge in [0.25, 0.3) is 5.91 Å². The highest BCUT2D eigenvalue weighted by molar-refractivity contribution is 6.08. The third-order valence-electron chi connectivity index (χ3n) is 6.58. The van der Waals surface area contributed by atoms with Crippen LogP contribution in [0.5, 0.6) is 5.75 Å². The van der Waals surface area contributed by atoms with Gasteiger partial charge in [-0.15, -0.1) is 0 Å². The van der Waals surface area contributed by atoms with Crippen molar-refractivity contribution in [2.75, 3.05) is 30.0 Å². The van der Waals surface area contributed by atoms with Crippen molar-refractivity contribution in [3.8, 4) is 5.75 Å². The Kier molecular flexibility index (Phi) is 6.22. The van der Waals surface area contributed by atoms with Crippen LogP contribution >= 0.6 is 0 Å². The average molecular weight is 476 g/mol. The SMILES string of the molecule is CCC1(CC)Oc2cc(CC(F)(F)F)ccc2N(c2cccc(N3CC(C(=O)OC)C3)c2)C1=O. The maximum Gasteiger partial charge on any atom is 0.393 e. The van der Waals surface area contributed by atoms with Gasteiger partial charge in [-0.3, -0.25) is 14.5 Å². The Balaban J connectivity index is 1.71. The quantitative estimate of drug-likeness (QED) is 0.549. The highest BCUT2D eigenvalue weighted by Crippen LogP contribution is 2.45. The summed E-state index contributed by atoms with van der Waals surface area (Å²) in [7, 11) is 1.36. The summed E-state index contributed by atoms with van der Waals surface area (Å²) in [4.78, 5) is 29.0. The van der Waals surface area contributed by atoms with Gasteiger partial charge < -0.3 is 14.4 Å². The third kappa shape index (κ3) is 4.31. The van der Waals surface area contributed by atoms with E-state index in [0.717, 1.165) is 5.69 Å². The molecule has 0 unspecified atom stereocenters. The van der Waals surface area contributed by atoms with Gasteiger partial charge in [-0.05, 0) is 48.7 Å². The monoisotopic (exact) mass is 476 g/mol. The summed E-state index contributed by atoms with van der Waals surface area (Å²) < 4.78 is 49.8. The molecule has 0 aliphatic carbocycles. The van der Waals surface area contributed by atoms with Crippen LogP contribution in [0.4, 0.5) is 30.2 Å². The first-order valence-corrected chi connectivity index (χ1v) is 11.3. The van der Waals surface area contributed by atoms with E-state index in [-0.39, 0.29) is 29.1 Å². The van der Waals surface area contributed by atoms with Gasteiger partial charge in [0.2, 0.25) is 0 Å². The highest BCUT2D eigenvalue weighted by Gasteiger charge is 2.47. The first kappa shape index (κ1) is 23.9. The van der Waals surface area contributed by atoms with Crippen LogP contribution in [0, 0.1) is 5.92 Å². The van der Waals surface area contributed by atoms with Gasteiger partial charge in [0.1, 0.15) is 5.75 Å². The van der Waals surface area contributed by atoms with Crippen LogP contribution in [0.2, 0.25) is 0 Å². The Bertz CT molecular complexity index is 1090. The molecule has 0 radical (unpaired) electrons. The molecule has 2 heterocycles. The molecule has 0 atom stereocenters. The minimum Gasteiger partial charge on any atom is -0.475 e. The molecule has 2 aromatic rings. The van der Waals surface area contributed by atoms with Crippen molar-refractivity contribution in [1.29, 1.82) is 0 Å². The molecular weight excluding hydrogens is 449 g/mol. The molecule has 0 saturated carbocycles. The van der Waals surface area contributed by atoms with Gasteiger partial charge in [-0.2, -0.15) is 13.2 Å². The predicted molar refractivity (Wildman–Crippen MR) is 121 cm³/mol. The second kappa shape index (κ2) is 8.85. The molecule has 1 amide bonds. The number of halogens is 3. The highest BCUT2D eigenvalue weighted by atomic mass is 19.4. The number of benzene rings is 2. The Morgan fingerprint density at radius 1 is 1.12 bits per heavy atom. The van der Waals surface area contributed by atoms with Gasteiger partial charge in [0.05, 0.1) is 30.8 Å². The number of alkyl halides is 3. The molecule has 2 aliphatic rings. The first-order chi connectivity index (χ1) is 16.1. The number of ether oxygens (including phenoxy) is 2. The Morgan fingerprint density at radius 3 is 2.41 bits per heavy atom. The van der Waals surface area contributed by atoms with Crippen LogP contribution in [-0.2, 0) is 20.7 Å². The maximum absolute atomic E-state index is 13.7. The topological polar surface area (TPSA) is 59.1 Å². The summed E-state index contributed by atoms with van der Waals surface area (Å²) in [6, 6.07) is 11.6. The van der Waals surface area contributed by atoms with Crippen molar-refractivity contribution >= 4 is 28.9 Å². The van der Waals surface area contributed by atoms with Gasteiger partial charge in [-0.25, -0.2) is 0 Å². The summed E-state index contributed by atoms with van der Waals surface area (Å²) >= 11 is 0. The minimum absolute atomic E-state index is 0.0739. The number of nitrogens with zero attached hydrogens (tertiary/aromatic N) is 2. The normalized spacial score (nSPS) is 17.6. The van der Waals surface area contributed by atoms with E-state index in [0.29, 0.717) is 37.3 Å². The lowest BCUT2D eigenvalue weighted by Gasteiger charge is -2.43. The zero-order valence-electron chi connectivity index (χ0n) is 19.3. The van der Waals surface area contributed by atoms with Crippen molar-refractivity contribution in [1.82, 2.24) is 0 Å². The Hall–Kier alpha value is -3.23. The molecule has 0 spiro atoms. The van der Waals surface area contributed by atoms with Crippen molar-refractivity contribution in [3.05, 3.63) is 48.0 Å². The maximum atomic E-state index is 13.7. The fourth-order valence-electron chi connectivity index (χ4n) is 4.52.